The van der Waals surface area contributed by atoms with Crippen LogP contribution in [0, 0.1) is 5.92 Å². The van der Waals surface area contributed by atoms with E-state index in [9.17, 15) is 9.90 Å². The number of aliphatic hydroxyl groups excluding tert-OH is 2. The third-order valence-electron chi connectivity index (χ3n) is 1.63. The third kappa shape index (κ3) is 3.50. The summed E-state index contributed by atoms with van der Waals surface area (Å²) in [7, 11) is 0. The highest BCUT2D eigenvalue weighted by Gasteiger charge is 2.12. The van der Waals surface area contributed by atoms with Gasteiger partial charge in [-0.1, -0.05) is 6.92 Å². The van der Waals surface area contributed by atoms with Crippen molar-refractivity contribution >= 4 is 5.97 Å². The standard InChI is InChI=1S/C8H14O4/c1-5(8(11)12)3-7(10)6(2)4-9/h3,6-7,9-10H,4H2,1-2H3,(H,11,12). The van der Waals surface area contributed by atoms with Crippen molar-refractivity contribution in [1.82, 2.24) is 0 Å². The number of aliphatic hydroxyl groups is 2. The first kappa shape index (κ1) is 11.1. The maximum Gasteiger partial charge on any atom is 0.331 e. The minimum atomic E-state index is -1.06. The van der Waals surface area contributed by atoms with Crippen molar-refractivity contribution in [3.8, 4) is 0 Å². The zero-order valence-electron chi connectivity index (χ0n) is 7.19. The van der Waals surface area contributed by atoms with Crippen LogP contribution in [0.15, 0.2) is 11.6 Å². The third-order valence-corrected chi connectivity index (χ3v) is 1.63. The Morgan fingerprint density at radius 2 is 2.08 bits per heavy atom. The summed E-state index contributed by atoms with van der Waals surface area (Å²) in [5.41, 5.74) is 0.0859. The molecule has 4 nitrogen and oxygen atoms in total. The molecule has 0 fully saturated rings. The van der Waals surface area contributed by atoms with Gasteiger partial charge in [0.1, 0.15) is 0 Å². The van der Waals surface area contributed by atoms with Gasteiger partial charge in [0, 0.05) is 18.1 Å². The first-order chi connectivity index (χ1) is 5.49. The molecule has 0 aliphatic carbocycles. The van der Waals surface area contributed by atoms with Gasteiger partial charge in [-0.15, -0.1) is 0 Å². The molecule has 0 heterocycles. The Bertz CT molecular complexity index is 185. The van der Waals surface area contributed by atoms with E-state index < -0.39 is 12.1 Å². The van der Waals surface area contributed by atoms with E-state index in [1.54, 1.807) is 6.92 Å². The van der Waals surface area contributed by atoms with E-state index in [-0.39, 0.29) is 18.1 Å². The summed E-state index contributed by atoms with van der Waals surface area (Å²) in [4.78, 5) is 10.3. The van der Waals surface area contributed by atoms with E-state index in [1.807, 2.05) is 0 Å². The first-order valence-electron chi connectivity index (χ1n) is 3.69. The van der Waals surface area contributed by atoms with E-state index in [1.165, 1.54) is 13.0 Å². The SMILES string of the molecule is CC(=CC(O)C(C)CO)C(=O)O. The minimum Gasteiger partial charge on any atom is -0.478 e. The van der Waals surface area contributed by atoms with Crippen LogP contribution in [0.25, 0.3) is 0 Å². The normalized spacial score (nSPS) is 17.2. The van der Waals surface area contributed by atoms with Crippen LogP contribution in [-0.4, -0.2) is 34.0 Å². The fourth-order valence-electron chi connectivity index (χ4n) is 0.600. The lowest BCUT2D eigenvalue weighted by Gasteiger charge is -2.12. The molecule has 0 rings (SSSR count). The second-order valence-electron chi connectivity index (χ2n) is 2.81. The van der Waals surface area contributed by atoms with Gasteiger partial charge in [0.05, 0.1) is 6.10 Å². The van der Waals surface area contributed by atoms with Crippen molar-refractivity contribution in [1.29, 1.82) is 0 Å². The second kappa shape index (κ2) is 4.90. The molecule has 2 atom stereocenters. The highest BCUT2D eigenvalue weighted by Crippen LogP contribution is 2.06. The monoisotopic (exact) mass is 174 g/mol. The summed E-state index contributed by atoms with van der Waals surface area (Å²) in [6, 6.07) is 0. The Hall–Kier alpha value is -0.870. The molecule has 0 aliphatic heterocycles. The van der Waals surface area contributed by atoms with Crippen LogP contribution in [0.4, 0.5) is 0 Å². The van der Waals surface area contributed by atoms with Crippen LogP contribution in [0.1, 0.15) is 13.8 Å². The van der Waals surface area contributed by atoms with E-state index >= 15 is 0 Å². The summed E-state index contributed by atoms with van der Waals surface area (Å²) in [5, 5.41) is 26.3. The Balaban J connectivity index is 4.22. The van der Waals surface area contributed by atoms with Crippen molar-refractivity contribution < 1.29 is 20.1 Å². The summed E-state index contributed by atoms with van der Waals surface area (Å²) in [5.74, 6) is -1.39. The number of aliphatic carboxylic acids is 1. The van der Waals surface area contributed by atoms with Crippen molar-refractivity contribution in [3.05, 3.63) is 11.6 Å². The van der Waals surface area contributed by atoms with Crippen molar-refractivity contribution in [2.45, 2.75) is 20.0 Å². The van der Waals surface area contributed by atoms with Crippen molar-refractivity contribution in [2.24, 2.45) is 5.92 Å². The molecule has 0 amide bonds. The minimum absolute atomic E-state index is 0.0859. The van der Waals surface area contributed by atoms with Gasteiger partial charge in [-0.05, 0) is 13.0 Å². The van der Waals surface area contributed by atoms with Gasteiger partial charge < -0.3 is 15.3 Å². The highest BCUT2D eigenvalue weighted by atomic mass is 16.4. The maximum atomic E-state index is 10.3. The van der Waals surface area contributed by atoms with Gasteiger partial charge in [0.2, 0.25) is 0 Å². The molecule has 0 radical (unpaired) electrons. The number of carboxylic acid groups (broad SMARTS) is 1. The van der Waals surface area contributed by atoms with E-state index in [4.69, 9.17) is 10.2 Å². The Morgan fingerprint density at radius 3 is 2.42 bits per heavy atom. The number of hydrogen-bond donors (Lipinski definition) is 3. The highest BCUT2D eigenvalue weighted by molar-refractivity contribution is 5.85. The average molecular weight is 174 g/mol. The molecule has 0 aliphatic rings. The van der Waals surface area contributed by atoms with E-state index in [0.29, 0.717) is 0 Å². The largest absolute Gasteiger partial charge is 0.478 e. The summed E-state index contributed by atoms with van der Waals surface area (Å²) in [6.45, 7) is 2.87. The van der Waals surface area contributed by atoms with Crippen LogP contribution in [0.2, 0.25) is 0 Å². The van der Waals surface area contributed by atoms with Gasteiger partial charge >= 0.3 is 5.97 Å². The van der Waals surface area contributed by atoms with Gasteiger partial charge in [-0.25, -0.2) is 4.79 Å². The molecule has 0 bridgehead atoms. The van der Waals surface area contributed by atoms with Crippen LogP contribution in [0.5, 0.6) is 0 Å². The number of carboxylic acids is 1. The number of rotatable bonds is 4. The van der Waals surface area contributed by atoms with Crippen LogP contribution >= 0.6 is 0 Å². The fraction of sp³-hybridized carbons (Fsp3) is 0.625. The predicted molar refractivity (Wildman–Crippen MR) is 43.6 cm³/mol. The zero-order valence-corrected chi connectivity index (χ0v) is 7.19. The molecule has 0 aromatic carbocycles. The van der Waals surface area contributed by atoms with Gasteiger partial charge in [0.25, 0.3) is 0 Å². The molecule has 70 valence electrons. The number of hydrogen-bond acceptors (Lipinski definition) is 3. The van der Waals surface area contributed by atoms with Gasteiger partial charge in [0.15, 0.2) is 0 Å². The smallest absolute Gasteiger partial charge is 0.331 e. The molecule has 0 aromatic rings. The maximum absolute atomic E-state index is 10.3. The molecular formula is C8H14O4. The summed E-state index contributed by atoms with van der Waals surface area (Å²) < 4.78 is 0. The Morgan fingerprint density at radius 1 is 1.58 bits per heavy atom. The quantitative estimate of drug-likeness (QED) is 0.524. The van der Waals surface area contributed by atoms with Crippen LogP contribution in [-0.2, 0) is 4.79 Å². The molecule has 0 spiro atoms. The topological polar surface area (TPSA) is 77.8 Å². The molecular weight excluding hydrogens is 160 g/mol. The molecule has 0 aromatic heterocycles. The van der Waals surface area contributed by atoms with Gasteiger partial charge in [-0.2, -0.15) is 0 Å². The van der Waals surface area contributed by atoms with Crippen LogP contribution in [0.3, 0.4) is 0 Å². The Kier molecular flexibility index (Phi) is 4.54. The lowest BCUT2D eigenvalue weighted by Crippen LogP contribution is -2.19. The lowest BCUT2D eigenvalue weighted by atomic mass is 10.0. The average Bonchev–Trinajstić information content (AvgIpc) is 2.02. The van der Waals surface area contributed by atoms with Gasteiger partial charge in [-0.3, -0.25) is 0 Å². The van der Waals surface area contributed by atoms with E-state index in [2.05, 4.69) is 0 Å². The molecule has 0 saturated heterocycles. The molecule has 4 heteroatoms. The molecule has 12 heavy (non-hydrogen) atoms. The van der Waals surface area contributed by atoms with Crippen molar-refractivity contribution in [3.63, 3.8) is 0 Å². The summed E-state index contributed by atoms with van der Waals surface area (Å²) >= 11 is 0. The zero-order chi connectivity index (χ0) is 9.72. The number of carbonyl (C=O) groups is 1. The lowest BCUT2D eigenvalue weighted by molar-refractivity contribution is -0.132. The predicted octanol–water partition coefficient (Wildman–Crippen LogP) is 0.00660. The first-order valence-corrected chi connectivity index (χ1v) is 3.69. The molecule has 3 N–H and O–H groups in total. The second-order valence-corrected chi connectivity index (χ2v) is 2.81. The molecule has 2 unspecified atom stereocenters. The molecule has 0 saturated carbocycles. The van der Waals surface area contributed by atoms with E-state index in [0.717, 1.165) is 0 Å². The summed E-state index contributed by atoms with van der Waals surface area (Å²) in [6.07, 6.45) is 0.328. The van der Waals surface area contributed by atoms with Crippen molar-refractivity contribution in [2.75, 3.05) is 6.61 Å². The fourth-order valence-corrected chi connectivity index (χ4v) is 0.600. The van der Waals surface area contributed by atoms with Crippen LogP contribution < -0.4 is 0 Å². The Labute approximate surface area is 71.1 Å².